The van der Waals surface area contributed by atoms with Crippen LogP contribution < -0.4 is 15.6 Å². The Morgan fingerprint density at radius 3 is 2.86 bits per heavy atom. The van der Waals surface area contributed by atoms with E-state index in [1.54, 1.807) is 36.9 Å². The van der Waals surface area contributed by atoms with Gasteiger partial charge in [0.15, 0.2) is 17.3 Å². The second kappa shape index (κ2) is 7.35. The summed E-state index contributed by atoms with van der Waals surface area (Å²) in [6.07, 6.45) is 5.02. The lowest BCUT2D eigenvalue weighted by Gasteiger charge is -2.12. The number of ether oxygens (including phenoxy) is 1. The van der Waals surface area contributed by atoms with Crippen LogP contribution in [0.25, 0.3) is 11.0 Å². The van der Waals surface area contributed by atoms with Gasteiger partial charge in [0.2, 0.25) is 5.95 Å². The summed E-state index contributed by atoms with van der Waals surface area (Å²) in [5, 5.41) is 5.18. The Kier molecular flexibility index (Phi) is 4.74. The van der Waals surface area contributed by atoms with Crippen molar-refractivity contribution in [2.75, 3.05) is 11.1 Å². The Hall–Kier alpha value is -3.33. The largest absolute Gasteiger partial charge is 0.448 e. The number of fused-ring (bicyclic) bond motifs is 1. The number of hydrogen-bond acceptors (Lipinski definition) is 6. The first kappa shape index (κ1) is 18.1. The molecule has 1 unspecified atom stereocenters. The van der Waals surface area contributed by atoms with Crippen LogP contribution in [0, 0.1) is 5.82 Å². The molecule has 0 saturated heterocycles. The van der Waals surface area contributed by atoms with E-state index < -0.39 is 22.2 Å². The van der Waals surface area contributed by atoms with Crippen LogP contribution in [-0.2, 0) is 17.8 Å². The van der Waals surface area contributed by atoms with E-state index in [1.165, 1.54) is 28.8 Å². The van der Waals surface area contributed by atoms with Crippen molar-refractivity contribution in [1.82, 2.24) is 14.5 Å². The number of allylic oxidation sites excluding steroid dienone is 1. The average molecular weight is 398 g/mol. The highest BCUT2D eigenvalue weighted by molar-refractivity contribution is 7.88. The smallest absolute Gasteiger partial charge is 0.294 e. The molecule has 1 atom stereocenters. The van der Waals surface area contributed by atoms with Gasteiger partial charge in [-0.2, -0.15) is 4.98 Å². The molecule has 4 rings (SSSR count). The molecule has 1 N–H and O–H groups in total. The highest BCUT2D eigenvalue weighted by Crippen LogP contribution is 2.24. The molecule has 28 heavy (non-hydrogen) atoms. The molecule has 1 aliphatic heterocycles. The van der Waals surface area contributed by atoms with Gasteiger partial charge < -0.3 is 10.1 Å². The van der Waals surface area contributed by atoms with E-state index in [0.717, 1.165) is 5.70 Å². The lowest BCUT2D eigenvalue weighted by Crippen LogP contribution is -2.20. The van der Waals surface area contributed by atoms with Crippen molar-refractivity contribution in [1.29, 1.82) is 0 Å². The van der Waals surface area contributed by atoms with Gasteiger partial charge in [0, 0.05) is 46.3 Å². The fourth-order valence-electron chi connectivity index (χ4n) is 2.66. The molecule has 142 valence electrons. The van der Waals surface area contributed by atoms with Gasteiger partial charge in [0.25, 0.3) is 5.56 Å². The van der Waals surface area contributed by atoms with Crippen molar-refractivity contribution < 1.29 is 13.3 Å². The van der Waals surface area contributed by atoms with Crippen molar-refractivity contribution in [3.8, 4) is 11.5 Å². The summed E-state index contributed by atoms with van der Waals surface area (Å²) < 4.78 is 32.0. The summed E-state index contributed by atoms with van der Waals surface area (Å²) in [5.41, 5.74) is 0.670. The number of aryl methyl sites for hydroxylation is 1. The van der Waals surface area contributed by atoms with Crippen molar-refractivity contribution in [2.45, 2.75) is 0 Å². The number of pyridine rings is 1. The number of benzene rings is 1. The summed E-state index contributed by atoms with van der Waals surface area (Å²) >= 11 is 0. The Bertz CT molecular complexity index is 1220. The van der Waals surface area contributed by atoms with Crippen molar-refractivity contribution >= 4 is 27.8 Å². The Morgan fingerprint density at radius 2 is 2.11 bits per heavy atom. The van der Waals surface area contributed by atoms with Gasteiger partial charge in [-0.3, -0.25) is 13.6 Å². The highest BCUT2D eigenvalue weighted by Gasteiger charge is 2.13. The molecule has 0 amide bonds. The third-order valence-electron chi connectivity index (χ3n) is 4.10. The molecule has 1 aliphatic rings. The zero-order chi connectivity index (χ0) is 19.7. The number of hydrogen-bond donors (Lipinski definition) is 1. The quantitative estimate of drug-likeness (QED) is 0.727. The van der Waals surface area contributed by atoms with Gasteiger partial charge in [0.1, 0.15) is 5.65 Å². The molecule has 0 radical (unpaired) electrons. The van der Waals surface area contributed by atoms with Crippen LogP contribution in [0.15, 0.2) is 64.6 Å². The predicted molar refractivity (Wildman–Crippen MR) is 105 cm³/mol. The van der Waals surface area contributed by atoms with E-state index in [4.69, 9.17) is 4.74 Å². The topological polar surface area (TPSA) is 86.1 Å². The minimum absolute atomic E-state index is 0.0233. The molecule has 0 bridgehead atoms. The SMILES string of the molecule is Cn1c(=O)c(Oc2ccccc2F)cc2cnc(NC3=CCS(=O)C=C3)nc21. The number of rotatable bonds is 4. The molecular formula is C19H15FN4O3S. The molecule has 0 spiro atoms. The van der Waals surface area contributed by atoms with E-state index in [9.17, 15) is 13.4 Å². The number of aromatic nitrogens is 3. The number of para-hydroxylation sites is 1. The van der Waals surface area contributed by atoms with Crippen molar-refractivity contribution in [3.63, 3.8) is 0 Å². The Labute approximate surface area is 161 Å². The molecular weight excluding hydrogens is 383 g/mol. The molecule has 3 heterocycles. The van der Waals surface area contributed by atoms with E-state index in [2.05, 4.69) is 15.3 Å². The summed E-state index contributed by atoms with van der Waals surface area (Å²) in [6.45, 7) is 0. The first-order valence-corrected chi connectivity index (χ1v) is 9.71. The molecule has 9 heteroatoms. The minimum atomic E-state index is -0.993. The highest BCUT2D eigenvalue weighted by atomic mass is 32.2. The van der Waals surface area contributed by atoms with E-state index >= 15 is 0 Å². The van der Waals surface area contributed by atoms with Gasteiger partial charge in [-0.05, 0) is 30.4 Å². The zero-order valence-corrected chi connectivity index (χ0v) is 15.6. The lowest BCUT2D eigenvalue weighted by molar-refractivity contribution is 0.434. The second-order valence-electron chi connectivity index (χ2n) is 6.01. The van der Waals surface area contributed by atoms with E-state index in [0.29, 0.717) is 22.7 Å². The lowest BCUT2D eigenvalue weighted by atomic mass is 10.3. The summed E-state index contributed by atoms with van der Waals surface area (Å²) in [6, 6.07) is 7.34. The Balaban J connectivity index is 1.68. The first-order valence-electron chi connectivity index (χ1n) is 8.33. The van der Waals surface area contributed by atoms with Gasteiger partial charge in [-0.25, -0.2) is 9.37 Å². The first-order chi connectivity index (χ1) is 13.5. The number of anilines is 1. The predicted octanol–water partition coefficient (Wildman–Crippen LogP) is 2.83. The summed E-state index contributed by atoms with van der Waals surface area (Å²) in [5.74, 6) is 0.0992. The van der Waals surface area contributed by atoms with Crippen molar-refractivity contribution in [2.24, 2.45) is 7.05 Å². The van der Waals surface area contributed by atoms with Crippen LogP contribution in [0.4, 0.5) is 10.3 Å². The van der Waals surface area contributed by atoms with Gasteiger partial charge in [-0.1, -0.05) is 12.1 Å². The molecule has 0 aliphatic carbocycles. The second-order valence-corrected chi connectivity index (χ2v) is 7.38. The molecule has 0 fully saturated rings. The van der Waals surface area contributed by atoms with Gasteiger partial charge in [-0.15, -0.1) is 0 Å². The summed E-state index contributed by atoms with van der Waals surface area (Å²) in [4.78, 5) is 21.2. The molecule has 3 aromatic rings. The molecule has 7 nitrogen and oxygen atoms in total. The minimum Gasteiger partial charge on any atom is -0.448 e. The maximum atomic E-state index is 13.8. The number of nitrogens with one attached hydrogen (secondary N) is 1. The third-order valence-corrected chi connectivity index (χ3v) is 5.03. The zero-order valence-electron chi connectivity index (χ0n) is 14.8. The van der Waals surface area contributed by atoms with E-state index in [1.807, 2.05) is 0 Å². The number of nitrogens with zero attached hydrogens (tertiary/aromatic N) is 3. The van der Waals surface area contributed by atoms with Crippen molar-refractivity contribution in [3.05, 3.63) is 76.0 Å². The number of halogens is 1. The Morgan fingerprint density at radius 1 is 1.29 bits per heavy atom. The third kappa shape index (κ3) is 3.56. The molecule has 2 aromatic heterocycles. The molecule has 1 aromatic carbocycles. The standard InChI is InChI=1S/C19H15FN4O3S/c1-24-17-12(10-16(18(24)25)27-15-5-3-2-4-14(15)20)11-21-19(23-17)22-13-6-8-28(26)9-7-13/h2-8,10-11H,9H2,1H3,(H,21,22,23). The monoisotopic (exact) mass is 398 g/mol. The van der Waals surface area contributed by atoms with Gasteiger partial charge >= 0.3 is 0 Å². The van der Waals surface area contributed by atoms with Crippen LogP contribution in [-0.4, -0.2) is 24.5 Å². The van der Waals surface area contributed by atoms with Crippen LogP contribution >= 0.6 is 0 Å². The maximum Gasteiger partial charge on any atom is 0.294 e. The maximum absolute atomic E-state index is 13.8. The van der Waals surface area contributed by atoms with E-state index in [-0.39, 0.29) is 11.5 Å². The normalized spacial score (nSPS) is 16.1. The fraction of sp³-hybridized carbons (Fsp3) is 0.105. The van der Waals surface area contributed by atoms with Crippen LogP contribution in [0.3, 0.4) is 0 Å². The summed E-state index contributed by atoms with van der Waals surface area (Å²) in [7, 11) is 0.561. The van der Waals surface area contributed by atoms with Crippen LogP contribution in [0.2, 0.25) is 0 Å². The van der Waals surface area contributed by atoms with Gasteiger partial charge in [0.05, 0.1) is 0 Å². The molecule has 0 saturated carbocycles. The van der Waals surface area contributed by atoms with Crippen LogP contribution in [0.5, 0.6) is 11.5 Å². The average Bonchev–Trinajstić information content (AvgIpc) is 2.70. The van der Waals surface area contributed by atoms with Crippen LogP contribution in [0.1, 0.15) is 0 Å². The fourth-order valence-corrected chi connectivity index (χ4v) is 3.42.